The molecule has 150 heavy (non-hydrogen) atoms. The van der Waals surface area contributed by atoms with Crippen molar-refractivity contribution < 1.29 is 0 Å². The van der Waals surface area contributed by atoms with E-state index in [2.05, 4.69) is 470 Å². The van der Waals surface area contributed by atoms with Gasteiger partial charge in [0.1, 0.15) is 0 Å². The number of para-hydroxylation sites is 12. The Morgan fingerprint density at radius 1 is 0.0933 bits per heavy atom. The van der Waals surface area contributed by atoms with Crippen molar-refractivity contribution in [2.75, 3.05) is 0 Å². The van der Waals surface area contributed by atoms with Crippen molar-refractivity contribution in [3.8, 4) is 137 Å². The third-order valence-corrected chi connectivity index (χ3v) is 28.7. The Labute approximate surface area is 861 Å². The van der Waals surface area contributed by atoms with Gasteiger partial charge in [-0.2, -0.15) is 0 Å². The molecule has 30 aromatic rings. The summed E-state index contributed by atoms with van der Waals surface area (Å²) in [4.78, 5) is 45.9. The molecule has 0 radical (unpaired) electrons. The highest BCUT2D eigenvalue weighted by Gasteiger charge is 2.26. The summed E-state index contributed by atoms with van der Waals surface area (Å²) in [6.07, 6.45) is 0. The maximum atomic E-state index is 5.32. The van der Waals surface area contributed by atoms with E-state index in [0.29, 0.717) is 52.4 Å². The molecule has 21 aromatic carbocycles. The molecule has 15 heteroatoms. The molecule has 0 amide bonds. The van der Waals surface area contributed by atoms with Crippen molar-refractivity contribution in [2.24, 2.45) is 0 Å². The van der Waals surface area contributed by atoms with Crippen LogP contribution >= 0.6 is 0 Å². The normalized spacial score (nSPS) is 11.6. The lowest BCUT2D eigenvalue weighted by Gasteiger charge is -2.11. The van der Waals surface area contributed by atoms with Crippen LogP contribution in [0.4, 0.5) is 0 Å². The topological polar surface area (TPSA) is 146 Å². The van der Waals surface area contributed by atoms with E-state index in [9.17, 15) is 0 Å². The molecule has 9 aromatic heterocycles. The van der Waals surface area contributed by atoms with Gasteiger partial charge >= 0.3 is 0 Å². The van der Waals surface area contributed by atoms with E-state index in [0.717, 1.165) is 172 Å². The van der Waals surface area contributed by atoms with Crippen molar-refractivity contribution in [1.29, 1.82) is 0 Å². The molecular formula is C135H87N15. The molecule has 0 saturated heterocycles. The van der Waals surface area contributed by atoms with E-state index in [1.54, 1.807) is 0 Å². The van der Waals surface area contributed by atoms with Crippen molar-refractivity contribution >= 4 is 131 Å². The minimum atomic E-state index is 0.618. The van der Waals surface area contributed by atoms with Crippen LogP contribution in [-0.4, -0.2) is 72.3 Å². The number of hydrogen-bond acceptors (Lipinski definition) is 9. The lowest BCUT2D eigenvalue weighted by Crippen LogP contribution is -2.00. The lowest BCUT2D eigenvalue weighted by atomic mass is 10.1. The number of hydrogen-bond donors (Lipinski definition) is 0. The van der Waals surface area contributed by atoms with Crippen molar-refractivity contribution in [3.63, 3.8) is 0 Å². The Morgan fingerprint density at radius 2 is 0.213 bits per heavy atom. The maximum Gasteiger partial charge on any atom is 0.164 e. The average Bonchev–Trinajstić information content (AvgIpc) is 1.60. The molecule has 15 nitrogen and oxygen atoms in total. The molecule has 702 valence electrons. The summed E-state index contributed by atoms with van der Waals surface area (Å²) in [6, 6.07) is 184. The molecule has 0 aliphatic carbocycles. The zero-order valence-corrected chi connectivity index (χ0v) is 80.9. The average molecular weight is 1920 g/mol. The van der Waals surface area contributed by atoms with Crippen LogP contribution in [-0.2, 0) is 0 Å². The highest BCUT2D eigenvalue weighted by molar-refractivity contribution is 6.16. The van der Waals surface area contributed by atoms with Gasteiger partial charge in [0.2, 0.25) is 0 Å². The van der Waals surface area contributed by atoms with Gasteiger partial charge in [0, 0.05) is 149 Å². The van der Waals surface area contributed by atoms with E-state index in [4.69, 9.17) is 44.9 Å². The Morgan fingerprint density at radius 3 is 0.367 bits per heavy atom. The second-order valence-corrected chi connectivity index (χ2v) is 37.5. The van der Waals surface area contributed by atoms with Crippen molar-refractivity contribution in [2.45, 2.75) is 0 Å². The zero-order valence-electron chi connectivity index (χ0n) is 80.9. The monoisotopic (exact) mass is 1920 g/mol. The fourth-order valence-corrected chi connectivity index (χ4v) is 21.9. The van der Waals surface area contributed by atoms with Gasteiger partial charge in [0.15, 0.2) is 52.4 Å². The molecule has 0 spiro atoms. The molecule has 0 aliphatic heterocycles. The summed E-state index contributed by atoms with van der Waals surface area (Å²) in [6.45, 7) is 0. The molecule has 0 saturated carbocycles. The minimum absolute atomic E-state index is 0.618. The van der Waals surface area contributed by atoms with Gasteiger partial charge in [-0.1, -0.05) is 309 Å². The largest absolute Gasteiger partial charge is 0.309 e. The first-order valence-corrected chi connectivity index (χ1v) is 50.4. The summed E-state index contributed by atoms with van der Waals surface area (Å²) < 4.78 is 14.0. The quantitative estimate of drug-likeness (QED) is 0.0979. The summed E-state index contributed by atoms with van der Waals surface area (Å²) in [7, 11) is 0. The van der Waals surface area contributed by atoms with E-state index >= 15 is 0 Å². The molecular weight excluding hydrogens is 1830 g/mol. The molecule has 0 fully saturated rings. The van der Waals surface area contributed by atoms with E-state index in [1.807, 2.05) is 84.9 Å². The first-order chi connectivity index (χ1) is 74.4. The van der Waals surface area contributed by atoms with Crippen molar-refractivity contribution in [3.05, 3.63) is 528 Å². The van der Waals surface area contributed by atoms with Crippen LogP contribution < -0.4 is 0 Å². The van der Waals surface area contributed by atoms with Crippen LogP contribution in [0.1, 0.15) is 0 Å². The van der Waals surface area contributed by atoms with Gasteiger partial charge in [0.05, 0.1) is 66.2 Å². The second-order valence-electron chi connectivity index (χ2n) is 37.5. The first kappa shape index (κ1) is 87.3. The predicted molar refractivity (Wildman–Crippen MR) is 614 cm³/mol. The van der Waals surface area contributed by atoms with Crippen LogP contribution in [0.3, 0.4) is 0 Å². The molecule has 30 rings (SSSR count). The number of nitrogens with zero attached hydrogens (tertiary/aromatic N) is 15. The van der Waals surface area contributed by atoms with Crippen LogP contribution in [0.25, 0.3) is 267 Å². The molecule has 0 atom stereocenters. The maximum absolute atomic E-state index is 5.32. The Hall–Kier alpha value is -20.6. The smallest absolute Gasteiger partial charge is 0.164 e. The fourth-order valence-electron chi connectivity index (χ4n) is 21.9. The molecule has 9 heterocycles. The van der Waals surface area contributed by atoms with Crippen LogP contribution in [0, 0.1) is 0 Å². The summed E-state index contributed by atoms with van der Waals surface area (Å²) in [5, 5.41) is 14.0. The molecule has 0 N–H and O–H groups in total. The SMILES string of the molecule is c1ccc(-c2nc(-c3ccc4c(c3)c3ccccc3n4-c3ccccc3)nc(-c3ccc4c(c3)c3ccccc3n4-c3ccccc3)n2)cc1.c1ccc(-c2nc(-c3ccccc3)nc(-c3ccc4c(c3)c3ccccc3n4-c3ccccc3)n2)cc1.c1ccc(-n2c3ccccc3c3cc(-c4nc(-c5ccc6c(c5)c5ccccc5n6-c5ccccc5)nc(-c5ccc6c(c5)c5ccccc5n6-c5ccccc5)n4)ccc32)cc1. The highest BCUT2D eigenvalue weighted by Crippen LogP contribution is 2.45. The van der Waals surface area contributed by atoms with Gasteiger partial charge < -0.3 is 27.4 Å². The van der Waals surface area contributed by atoms with Crippen molar-refractivity contribution in [1.82, 2.24) is 72.3 Å². The number of benzene rings is 21. The Kier molecular flexibility index (Phi) is 21.5. The Balaban J connectivity index is 0.000000112. The van der Waals surface area contributed by atoms with Gasteiger partial charge in [0.25, 0.3) is 0 Å². The van der Waals surface area contributed by atoms with Gasteiger partial charge in [-0.25, -0.2) is 44.9 Å². The number of rotatable bonds is 15. The first-order valence-electron chi connectivity index (χ1n) is 50.4. The lowest BCUT2D eigenvalue weighted by molar-refractivity contribution is 1.07. The Bertz CT molecular complexity index is 9800. The van der Waals surface area contributed by atoms with E-state index in [-0.39, 0.29) is 0 Å². The van der Waals surface area contributed by atoms with E-state index < -0.39 is 0 Å². The van der Waals surface area contributed by atoms with Crippen LogP contribution in [0.2, 0.25) is 0 Å². The van der Waals surface area contributed by atoms with Gasteiger partial charge in [-0.15, -0.1) is 0 Å². The summed E-state index contributed by atoms with van der Waals surface area (Å²) in [5.74, 6) is 5.76. The highest BCUT2D eigenvalue weighted by atomic mass is 15.1. The summed E-state index contributed by atoms with van der Waals surface area (Å²) >= 11 is 0. The molecule has 0 bridgehead atoms. The summed E-state index contributed by atoms with van der Waals surface area (Å²) in [5.41, 5.74) is 29.0. The van der Waals surface area contributed by atoms with Gasteiger partial charge in [-0.05, 0) is 218 Å². The predicted octanol–water partition coefficient (Wildman–Crippen LogP) is 33.2. The van der Waals surface area contributed by atoms with Crippen LogP contribution in [0.5, 0.6) is 0 Å². The van der Waals surface area contributed by atoms with Gasteiger partial charge in [-0.3, -0.25) is 0 Å². The number of fused-ring (bicyclic) bond motifs is 18. The van der Waals surface area contributed by atoms with E-state index in [1.165, 1.54) is 43.2 Å². The molecule has 0 aliphatic rings. The number of aromatic nitrogens is 15. The third kappa shape index (κ3) is 15.4. The fraction of sp³-hybridized carbons (Fsp3) is 0. The zero-order chi connectivity index (χ0) is 99.1. The standard InChI is InChI=1S/C57H36N6.C45H29N5.C33H22N4/c1-4-16-40(17-5-1)61-49-25-13-10-22-43(49)46-34-37(28-31-52(46)61)55-58-56(38-29-32-53-47(35-38)44-23-11-14-26-50(44)62(53)41-18-6-2-7-19-41)60-57(59-55)39-30-33-54-48(36-39)45-24-12-15-27-51(45)63(54)42-20-8-3-9-21-42;1-4-14-30(15-5-1)43-46-44(31-24-26-41-37(28-31)35-20-10-12-22-39(35)49(41)33-16-6-2-7-17-33)48-45(47-43)32-25-27-42-38(29-32)36-21-11-13-23-40(36)50(42)34-18-8-3-9-19-34;1-4-12-23(13-5-1)31-34-32(24-14-6-2-7-15-24)36-33(35-31)25-20-21-30-28(22-25)27-18-10-11-19-29(27)37(30)26-16-8-3-9-17-26/h1-36H;1-29H;1-22H. The second kappa shape index (κ2) is 37.0. The molecule has 0 unspecified atom stereocenters. The third-order valence-electron chi connectivity index (χ3n) is 28.7. The minimum Gasteiger partial charge on any atom is -0.309 e. The van der Waals surface area contributed by atoms with Crippen LogP contribution in [0.15, 0.2) is 528 Å².